The minimum absolute atomic E-state index is 0.121. The van der Waals surface area contributed by atoms with Gasteiger partial charge in [-0.1, -0.05) is 22.4 Å². The number of ether oxygens (including phenoxy) is 1. The van der Waals surface area contributed by atoms with E-state index in [1.807, 2.05) is 6.07 Å². The third kappa shape index (κ3) is 3.54. The standard InChI is InChI=1S/C13H15BrN2O3/c14-10-4-5-11(9(6-10)7-15)16-13(18)19-12(17)8-2-1-3-8/h4-6,8H,1-3,7,15H2,(H,16,18). The van der Waals surface area contributed by atoms with Crippen LogP contribution < -0.4 is 11.1 Å². The van der Waals surface area contributed by atoms with Crippen molar-refractivity contribution in [3.8, 4) is 0 Å². The number of halogens is 1. The van der Waals surface area contributed by atoms with Crippen molar-refractivity contribution in [2.45, 2.75) is 25.8 Å². The quantitative estimate of drug-likeness (QED) is 0.661. The molecule has 0 saturated heterocycles. The molecule has 1 saturated carbocycles. The zero-order valence-corrected chi connectivity index (χ0v) is 11.9. The summed E-state index contributed by atoms with van der Waals surface area (Å²) in [7, 11) is 0. The van der Waals surface area contributed by atoms with Crippen LogP contribution in [-0.4, -0.2) is 12.1 Å². The van der Waals surface area contributed by atoms with Crippen molar-refractivity contribution in [3.05, 3.63) is 28.2 Å². The number of nitrogens with one attached hydrogen (secondary N) is 1. The van der Waals surface area contributed by atoms with Crippen molar-refractivity contribution in [1.82, 2.24) is 0 Å². The first-order chi connectivity index (χ1) is 9.10. The topological polar surface area (TPSA) is 81.4 Å². The highest BCUT2D eigenvalue weighted by Crippen LogP contribution is 2.27. The Morgan fingerprint density at radius 3 is 2.74 bits per heavy atom. The molecule has 1 fully saturated rings. The maximum absolute atomic E-state index is 11.6. The Morgan fingerprint density at radius 2 is 2.16 bits per heavy atom. The summed E-state index contributed by atoms with van der Waals surface area (Å²) in [6.07, 6.45) is 1.87. The summed E-state index contributed by atoms with van der Waals surface area (Å²) < 4.78 is 5.62. The molecule has 0 aromatic heterocycles. The zero-order valence-electron chi connectivity index (χ0n) is 10.3. The Morgan fingerprint density at radius 1 is 1.42 bits per heavy atom. The van der Waals surface area contributed by atoms with E-state index in [9.17, 15) is 9.59 Å². The van der Waals surface area contributed by atoms with Gasteiger partial charge in [-0.2, -0.15) is 0 Å². The van der Waals surface area contributed by atoms with Crippen LogP contribution in [0.2, 0.25) is 0 Å². The fourth-order valence-electron chi connectivity index (χ4n) is 1.81. The molecule has 0 spiro atoms. The number of carbonyl (C=O) groups is 2. The lowest BCUT2D eigenvalue weighted by Crippen LogP contribution is -2.28. The summed E-state index contributed by atoms with van der Waals surface area (Å²) >= 11 is 3.33. The molecule has 6 heteroatoms. The van der Waals surface area contributed by atoms with Crippen LogP contribution in [0, 0.1) is 5.92 Å². The van der Waals surface area contributed by atoms with Crippen LogP contribution in [0.3, 0.4) is 0 Å². The second kappa shape index (κ2) is 6.16. The second-order valence-electron chi connectivity index (χ2n) is 4.47. The van der Waals surface area contributed by atoms with E-state index in [1.54, 1.807) is 12.1 Å². The minimum atomic E-state index is -0.756. The van der Waals surface area contributed by atoms with Gasteiger partial charge in [0, 0.05) is 16.7 Å². The lowest BCUT2D eigenvalue weighted by Gasteiger charge is -2.22. The molecule has 0 bridgehead atoms. The largest absolute Gasteiger partial charge is 0.419 e. The molecule has 5 nitrogen and oxygen atoms in total. The van der Waals surface area contributed by atoms with Gasteiger partial charge in [0.1, 0.15) is 0 Å². The van der Waals surface area contributed by atoms with Crippen molar-refractivity contribution in [1.29, 1.82) is 0 Å². The number of hydrogen-bond acceptors (Lipinski definition) is 4. The highest BCUT2D eigenvalue weighted by Gasteiger charge is 2.28. The zero-order chi connectivity index (χ0) is 13.8. The summed E-state index contributed by atoms with van der Waals surface area (Å²) in [5, 5.41) is 2.54. The van der Waals surface area contributed by atoms with Crippen LogP contribution >= 0.6 is 15.9 Å². The molecular formula is C13H15BrN2O3. The first-order valence-electron chi connectivity index (χ1n) is 6.11. The van der Waals surface area contributed by atoms with E-state index in [-0.39, 0.29) is 12.5 Å². The lowest BCUT2D eigenvalue weighted by atomic mass is 9.86. The summed E-state index contributed by atoms with van der Waals surface area (Å²) in [6.45, 7) is 0.283. The van der Waals surface area contributed by atoms with E-state index in [0.717, 1.165) is 29.3 Å². The summed E-state index contributed by atoms with van der Waals surface area (Å²) in [5.74, 6) is -0.570. The Bertz CT molecular complexity index is 501. The van der Waals surface area contributed by atoms with E-state index < -0.39 is 12.1 Å². The van der Waals surface area contributed by atoms with Crippen LogP contribution in [0.15, 0.2) is 22.7 Å². The molecule has 3 N–H and O–H groups in total. The molecule has 1 aromatic rings. The monoisotopic (exact) mass is 326 g/mol. The van der Waals surface area contributed by atoms with Crippen molar-refractivity contribution in [2.75, 3.05) is 5.32 Å². The van der Waals surface area contributed by atoms with Crippen LogP contribution in [0.25, 0.3) is 0 Å². The molecule has 1 aliphatic carbocycles. The number of benzene rings is 1. The van der Waals surface area contributed by atoms with E-state index in [4.69, 9.17) is 10.5 Å². The van der Waals surface area contributed by atoms with Crippen molar-refractivity contribution < 1.29 is 14.3 Å². The third-order valence-corrected chi connectivity index (χ3v) is 3.65. The summed E-state index contributed by atoms with van der Waals surface area (Å²) in [4.78, 5) is 23.1. The maximum atomic E-state index is 11.6. The number of nitrogens with two attached hydrogens (primary N) is 1. The van der Waals surface area contributed by atoms with E-state index in [0.29, 0.717) is 5.69 Å². The van der Waals surface area contributed by atoms with E-state index in [1.165, 1.54) is 0 Å². The molecular weight excluding hydrogens is 312 g/mol. The van der Waals surface area contributed by atoms with Gasteiger partial charge in [0.05, 0.1) is 5.92 Å². The molecule has 0 atom stereocenters. The van der Waals surface area contributed by atoms with Gasteiger partial charge < -0.3 is 10.5 Å². The van der Waals surface area contributed by atoms with E-state index in [2.05, 4.69) is 21.2 Å². The van der Waals surface area contributed by atoms with Gasteiger partial charge in [-0.3, -0.25) is 10.1 Å². The van der Waals surface area contributed by atoms with Gasteiger partial charge in [-0.05, 0) is 36.6 Å². The first kappa shape index (κ1) is 14.0. The van der Waals surface area contributed by atoms with Gasteiger partial charge in [0.25, 0.3) is 0 Å². The van der Waals surface area contributed by atoms with Crippen LogP contribution in [0.1, 0.15) is 24.8 Å². The van der Waals surface area contributed by atoms with Gasteiger partial charge in [-0.25, -0.2) is 4.79 Å². The van der Waals surface area contributed by atoms with Crippen molar-refractivity contribution in [2.24, 2.45) is 11.7 Å². The lowest BCUT2D eigenvalue weighted by molar-refractivity contribution is -0.144. The Hall–Kier alpha value is -1.40. The first-order valence-corrected chi connectivity index (χ1v) is 6.90. The normalized spacial score (nSPS) is 14.6. The molecule has 1 amide bonds. The fraction of sp³-hybridized carbons (Fsp3) is 0.385. The SMILES string of the molecule is NCc1cc(Br)ccc1NC(=O)OC(=O)C1CCC1. The number of anilines is 1. The predicted octanol–water partition coefficient (Wildman–Crippen LogP) is 2.78. The highest BCUT2D eigenvalue weighted by molar-refractivity contribution is 9.10. The third-order valence-electron chi connectivity index (χ3n) is 3.16. The number of esters is 1. The van der Waals surface area contributed by atoms with Gasteiger partial charge in [-0.15, -0.1) is 0 Å². The number of amides is 1. The molecule has 1 aromatic carbocycles. The molecule has 2 rings (SSSR count). The molecule has 19 heavy (non-hydrogen) atoms. The molecule has 0 radical (unpaired) electrons. The smallest absolute Gasteiger partial charge is 0.376 e. The highest BCUT2D eigenvalue weighted by atomic mass is 79.9. The summed E-state index contributed by atoms with van der Waals surface area (Å²) in [5.41, 5.74) is 6.91. The number of carbonyl (C=O) groups excluding carboxylic acids is 2. The van der Waals surface area contributed by atoms with Crippen molar-refractivity contribution >= 4 is 33.7 Å². The van der Waals surface area contributed by atoms with Crippen LogP contribution in [-0.2, 0) is 16.1 Å². The Kier molecular flexibility index (Phi) is 4.55. The molecule has 0 unspecified atom stereocenters. The van der Waals surface area contributed by atoms with Gasteiger partial charge in [0.2, 0.25) is 0 Å². The van der Waals surface area contributed by atoms with Crippen LogP contribution in [0.5, 0.6) is 0 Å². The maximum Gasteiger partial charge on any atom is 0.419 e. The minimum Gasteiger partial charge on any atom is -0.376 e. The molecule has 102 valence electrons. The summed E-state index contributed by atoms with van der Waals surface area (Å²) in [6, 6.07) is 5.30. The molecule has 0 heterocycles. The average molecular weight is 327 g/mol. The van der Waals surface area contributed by atoms with Gasteiger partial charge >= 0.3 is 12.1 Å². The number of rotatable bonds is 3. The Labute approximate surface area is 119 Å². The predicted molar refractivity (Wildman–Crippen MR) is 74.5 cm³/mol. The molecule has 0 aliphatic heterocycles. The average Bonchev–Trinajstić information content (AvgIpc) is 2.28. The number of hydrogen-bond donors (Lipinski definition) is 2. The second-order valence-corrected chi connectivity index (χ2v) is 5.38. The van der Waals surface area contributed by atoms with Gasteiger partial charge in [0.15, 0.2) is 0 Å². The van der Waals surface area contributed by atoms with Crippen LogP contribution in [0.4, 0.5) is 10.5 Å². The molecule has 1 aliphatic rings. The fourth-order valence-corrected chi connectivity index (χ4v) is 2.22. The van der Waals surface area contributed by atoms with Crippen molar-refractivity contribution in [3.63, 3.8) is 0 Å². The Balaban J connectivity index is 1.96. The van der Waals surface area contributed by atoms with E-state index >= 15 is 0 Å².